The number of hydrogen-bond donors (Lipinski definition) is 3. The number of likely N-dealkylation sites (tertiary alicyclic amines) is 1. The Morgan fingerprint density at radius 1 is 0.389 bits per heavy atom. The van der Waals surface area contributed by atoms with Gasteiger partial charge in [-0.1, -0.05) is 33.8 Å². The lowest BCUT2D eigenvalue weighted by molar-refractivity contribution is -0.154. The SMILES string of the molecule is COCCOCCOCCOCCOCCOCCOCCOCCOCCOCCOCCN(CCC(=O)N[C@H](C(=O)N[C@@H](C)C(=O)Nc1ccc(COC(=O)C(C)(C)C)c(CCCOCCOCCOCCOCCOCCOCCOCCOCCOCCOCOCCOCCOCCOCCOCCOCCOC)c1)C(C)C)C(=O)CN1C(=O)CC(C(C)C)C1=O. The zero-order valence-corrected chi connectivity index (χ0v) is 80.3. The van der Waals surface area contributed by atoms with Gasteiger partial charge in [-0.3, -0.25) is 38.5 Å². The molecule has 1 unspecified atom stereocenters. The van der Waals surface area contributed by atoms with E-state index in [0.717, 1.165) is 16.0 Å². The van der Waals surface area contributed by atoms with Crippen molar-refractivity contribution in [1.82, 2.24) is 20.4 Å². The number of nitrogens with zero attached hydrogens (tertiary/aromatic N) is 2. The number of aryl methyl sites for hydroxylation is 1. The molecule has 3 N–H and O–H groups in total. The minimum atomic E-state index is -1.08. The van der Waals surface area contributed by atoms with Crippen LogP contribution in [-0.4, -0.2) is 448 Å². The predicted octanol–water partition coefficient (Wildman–Crippen LogP) is 3.22. The fraction of sp³-hybridized carbons (Fsp3) is 0.856. The molecule has 1 aromatic carbocycles. The molecular formula is C90H163N5O36. The summed E-state index contributed by atoms with van der Waals surface area (Å²) >= 11 is 0. The molecule has 0 saturated carbocycles. The van der Waals surface area contributed by atoms with E-state index in [0.29, 0.717) is 342 Å². The number of nitrogens with one attached hydrogen (secondary N) is 3. The highest BCUT2D eigenvalue weighted by atomic mass is 16.7. The molecule has 2 rings (SSSR count). The Morgan fingerprint density at radius 2 is 0.702 bits per heavy atom. The number of benzene rings is 1. The van der Waals surface area contributed by atoms with E-state index in [4.69, 9.17) is 137 Å². The van der Waals surface area contributed by atoms with Crippen LogP contribution in [0.2, 0.25) is 0 Å². The number of ether oxygens (including phenoxy) is 29. The molecule has 3 atom stereocenters. The zero-order valence-electron chi connectivity index (χ0n) is 80.3. The van der Waals surface area contributed by atoms with E-state index in [9.17, 15) is 33.6 Å². The summed E-state index contributed by atoms with van der Waals surface area (Å²) in [6, 6.07) is 3.13. The Balaban J connectivity index is 1.58. The standard InChI is InChI=1S/C90H163N5O36/c1-75(2)81-71-83(97)95(88(81)101)72-84(98)94(17-19-106-25-27-110-33-35-114-41-43-118-47-49-121-52-53-122-51-50-119-45-44-115-38-36-111-30-28-107-22-20-103-9)16-15-82(96)93-85(76(3)4)87(100)91-77(5)86(99)92-80-14-13-79(73-131-89(102)90(6,7)8)78(70-80)12-11-18-105-24-26-109-32-34-113-40-42-117-46-48-120-54-55-123-56-57-124-59-61-126-63-65-128-67-69-130-74-129-68-66-127-64-62-125-60-58-116-39-37-112-31-29-108-23-21-104-10/h13-14,70,75-77,81,85H,11-12,15-69,71-74H2,1-10H3,(H,91,100)(H,92,99)(H,93,96)/t77-,81?,85-/m0/s1. The number of esters is 1. The van der Waals surface area contributed by atoms with Gasteiger partial charge in [-0.05, 0) is 75.6 Å². The summed E-state index contributed by atoms with van der Waals surface area (Å²) in [6.45, 7) is 35.8. The number of amides is 6. The smallest absolute Gasteiger partial charge is 0.311 e. The topological polar surface area (TPSA) is 430 Å². The van der Waals surface area contributed by atoms with Crippen molar-refractivity contribution >= 4 is 47.1 Å². The summed E-state index contributed by atoms with van der Waals surface area (Å²) < 4.78 is 159. The second kappa shape index (κ2) is 87.4. The minimum absolute atomic E-state index is 0.000687. The molecule has 1 aliphatic heterocycles. The highest BCUT2D eigenvalue weighted by Crippen LogP contribution is 2.27. The average molecular weight is 1890 g/mol. The molecular weight excluding hydrogens is 1730 g/mol. The lowest BCUT2D eigenvalue weighted by atomic mass is 9.94. The molecule has 0 spiro atoms. The third kappa shape index (κ3) is 71.7. The van der Waals surface area contributed by atoms with Crippen molar-refractivity contribution in [2.75, 3.05) is 390 Å². The van der Waals surface area contributed by atoms with E-state index in [-0.39, 0.29) is 71.0 Å². The molecule has 0 aromatic heterocycles. The Hall–Kier alpha value is -5.41. The number of hydrogen-bond acceptors (Lipinski definition) is 36. The second-order valence-electron chi connectivity index (χ2n) is 31.0. The Kier molecular flexibility index (Phi) is 81.1. The van der Waals surface area contributed by atoms with E-state index < -0.39 is 71.3 Å². The summed E-state index contributed by atoms with van der Waals surface area (Å²) in [5.74, 6) is -4.59. The first-order valence-electron chi connectivity index (χ1n) is 46.1. The Labute approximate surface area is 777 Å². The first-order valence-corrected chi connectivity index (χ1v) is 46.1. The highest BCUT2D eigenvalue weighted by Gasteiger charge is 2.41. The number of methoxy groups -OCH3 is 2. The van der Waals surface area contributed by atoms with Crippen LogP contribution in [0.4, 0.5) is 5.69 Å². The number of rotatable bonds is 98. The Morgan fingerprint density at radius 3 is 1.01 bits per heavy atom. The van der Waals surface area contributed by atoms with Gasteiger partial charge in [0, 0.05) is 58.4 Å². The van der Waals surface area contributed by atoms with Gasteiger partial charge in [-0.25, -0.2) is 0 Å². The molecule has 6 amide bonds. The van der Waals surface area contributed by atoms with Gasteiger partial charge < -0.3 is 158 Å². The highest BCUT2D eigenvalue weighted by molar-refractivity contribution is 6.06. The lowest BCUT2D eigenvalue weighted by Crippen LogP contribution is -2.54. The summed E-state index contributed by atoms with van der Waals surface area (Å²) in [4.78, 5) is 96.5. The van der Waals surface area contributed by atoms with Crippen LogP contribution in [0.1, 0.15) is 85.8 Å². The second-order valence-corrected chi connectivity index (χ2v) is 31.0. The van der Waals surface area contributed by atoms with Crippen molar-refractivity contribution in [2.45, 2.75) is 99.8 Å². The quantitative estimate of drug-likeness (QED) is 0.0365. The van der Waals surface area contributed by atoms with Crippen LogP contribution in [0, 0.1) is 23.2 Å². The number of carbonyl (C=O) groups excluding carboxylic acids is 7. The van der Waals surface area contributed by atoms with Crippen molar-refractivity contribution in [3.05, 3.63) is 29.3 Å². The van der Waals surface area contributed by atoms with Crippen LogP contribution in [0.5, 0.6) is 0 Å². The van der Waals surface area contributed by atoms with Gasteiger partial charge in [0.25, 0.3) is 0 Å². The minimum Gasteiger partial charge on any atom is -0.460 e. The third-order valence-electron chi connectivity index (χ3n) is 18.6. The maximum atomic E-state index is 13.9. The van der Waals surface area contributed by atoms with E-state index in [2.05, 4.69) is 16.0 Å². The van der Waals surface area contributed by atoms with E-state index in [1.165, 1.54) is 11.8 Å². The number of carbonyl (C=O) groups is 7. The first kappa shape index (κ1) is 122. The number of imide groups is 1. The van der Waals surface area contributed by atoms with Crippen LogP contribution in [0.3, 0.4) is 0 Å². The molecule has 131 heavy (non-hydrogen) atoms. The Bertz CT molecular complexity index is 2900. The molecule has 41 heteroatoms. The average Bonchev–Trinajstić information content (AvgIpc) is 1.70. The van der Waals surface area contributed by atoms with Crippen molar-refractivity contribution in [2.24, 2.45) is 23.2 Å². The molecule has 1 aromatic rings. The van der Waals surface area contributed by atoms with Gasteiger partial charge in [-0.15, -0.1) is 0 Å². The van der Waals surface area contributed by atoms with Crippen molar-refractivity contribution in [3.8, 4) is 0 Å². The van der Waals surface area contributed by atoms with Crippen molar-refractivity contribution in [3.63, 3.8) is 0 Å². The summed E-state index contributed by atoms with van der Waals surface area (Å²) in [5.41, 5.74) is 1.27. The zero-order chi connectivity index (χ0) is 95.2. The molecule has 0 bridgehead atoms. The monoisotopic (exact) mass is 1890 g/mol. The van der Waals surface area contributed by atoms with Gasteiger partial charge in [-0.2, -0.15) is 0 Å². The van der Waals surface area contributed by atoms with Gasteiger partial charge in [0.1, 0.15) is 32.0 Å². The normalized spacial score (nSPS) is 13.5. The van der Waals surface area contributed by atoms with Gasteiger partial charge >= 0.3 is 5.97 Å². The molecule has 1 fully saturated rings. The van der Waals surface area contributed by atoms with Crippen LogP contribution >= 0.6 is 0 Å². The van der Waals surface area contributed by atoms with E-state index in [1.54, 1.807) is 67.0 Å². The van der Waals surface area contributed by atoms with Crippen molar-refractivity contribution < 1.29 is 171 Å². The molecule has 764 valence electrons. The molecule has 0 radical (unpaired) electrons. The summed E-state index contributed by atoms with van der Waals surface area (Å²) in [6.07, 6.45) is 0.868. The maximum absolute atomic E-state index is 13.9. The molecule has 1 aliphatic rings. The number of anilines is 1. The fourth-order valence-corrected chi connectivity index (χ4v) is 11.2. The fourth-order valence-electron chi connectivity index (χ4n) is 11.2. The summed E-state index contributed by atoms with van der Waals surface area (Å²) in [5, 5.41) is 8.38. The van der Waals surface area contributed by atoms with Crippen LogP contribution in [0.25, 0.3) is 0 Å². The maximum Gasteiger partial charge on any atom is 0.311 e. The van der Waals surface area contributed by atoms with Gasteiger partial charge in [0.05, 0.1) is 342 Å². The third-order valence-corrected chi connectivity index (χ3v) is 18.6. The largest absolute Gasteiger partial charge is 0.460 e. The van der Waals surface area contributed by atoms with Gasteiger partial charge in [0.2, 0.25) is 35.4 Å². The van der Waals surface area contributed by atoms with Crippen molar-refractivity contribution in [1.29, 1.82) is 0 Å². The van der Waals surface area contributed by atoms with E-state index >= 15 is 0 Å². The lowest BCUT2D eigenvalue weighted by Gasteiger charge is -2.26. The van der Waals surface area contributed by atoms with Crippen LogP contribution in [0.15, 0.2) is 18.2 Å². The first-order chi connectivity index (χ1) is 63.8. The molecule has 0 aliphatic carbocycles. The van der Waals surface area contributed by atoms with Crippen LogP contribution < -0.4 is 16.0 Å². The van der Waals surface area contributed by atoms with E-state index in [1.807, 2.05) is 13.8 Å². The predicted molar refractivity (Wildman–Crippen MR) is 478 cm³/mol. The van der Waals surface area contributed by atoms with Gasteiger partial charge in [0.15, 0.2) is 0 Å². The van der Waals surface area contributed by atoms with Crippen LogP contribution in [-0.2, 0) is 184 Å². The molecule has 1 heterocycles. The molecule has 41 nitrogen and oxygen atoms in total. The molecule has 1 saturated heterocycles. The summed E-state index contributed by atoms with van der Waals surface area (Å²) in [7, 11) is 3.27.